The number of carbonyl (C=O) groups is 2. The normalized spacial score (nSPS) is 13.7. The summed E-state index contributed by atoms with van der Waals surface area (Å²) in [6, 6.07) is 6.30. The quantitative estimate of drug-likeness (QED) is 0.346. The van der Waals surface area contributed by atoms with Crippen LogP contribution in [0.2, 0.25) is 0 Å². The predicted octanol–water partition coefficient (Wildman–Crippen LogP) is 2.11. The van der Waals surface area contributed by atoms with Crippen molar-refractivity contribution in [2.75, 3.05) is 55.3 Å². The zero-order valence-electron chi connectivity index (χ0n) is 19.2. The number of carbonyl (C=O) groups excluding carboxylic acids is 2. The number of nitrogens with one attached hydrogen (secondary N) is 2. The highest BCUT2D eigenvalue weighted by atomic mass is 32.1. The molecule has 0 bridgehead atoms. The van der Waals surface area contributed by atoms with Gasteiger partial charge in [0.25, 0.3) is 22.5 Å². The van der Waals surface area contributed by atoms with Crippen LogP contribution >= 0.6 is 11.3 Å². The summed E-state index contributed by atoms with van der Waals surface area (Å²) in [5, 5.41) is 9.88. The van der Waals surface area contributed by atoms with Crippen LogP contribution in [0, 0.1) is 5.82 Å². The minimum absolute atomic E-state index is 0.0334. The Labute approximate surface area is 205 Å². The van der Waals surface area contributed by atoms with Gasteiger partial charge in [-0.05, 0) is 40.9 Å². The summed E-state index contributed by atoms with van der Waals surface area (Å²) in [4.78, 5) is 53.1. The number of nitrogens with zero attached hydrogens (tertiary/aromatic N) is 2. The zero-order chi connectivity index (χ0) is 25.1. The first-order chi connectivity index (χ1) is 16.8. The van der Waals surface area contributed by atoms with Crippen LogP contribution in [-0.2, 0) is 16.0 Å². The lowest BCUT2D eigenvalue weighted by molar-refractivity contribution is -0.142. The summed E-state index contributed by atoms with van der Waals surface area (Å²) >= 11 is 1.60. The Morgan fingerprint density at radius 3 is 2.51 bits per heavy atom. The fourth-order valence-electron chi connectivity index (χ4n) is 4.17. The molecule has 35 heavy (non-hydrogen) atoms. The van der Waals surface area contributed by atoms with Crippen LogP contribution in [0.3, 0.4) is 0 Å². The third-order valence-corrected chi connectivity index (χ3v) is 6.85. The topological polar surface area (TPSA) is 98.8 Å². The van der Waals surface area contributed by atoms with Crippen molar-refractivity contribution >= 4 is 45.7 Å². The van der Waals surface area contributed by atoms with Gasteiger partial charge in [-0.2, -0.15) is 11.3 Å². The van der Waals surface area contributed by atoms with Crippen molar-refractivity contribution < 1.29 is 14.0 Å². The molecule has 0 aliphatic carbocycles. The lowest BCUT2D eigenvalue weighted by Gasteiger charge is -2.36. The molecule has 1 aliphatic rings. The first kappa shape index (κ1) is 24.3. The summed E-state index contributed by atoms with van der Waals surface area (Å²) < 4.78 is 14.4. The molecule has 1 aliphatic heterocycles. The Morgan fingerprint density at radius 1 is 1.11 bits per heavy atom. The molecule has 1 saturated heterocycles. The van der Waals surface area contributed by atoms with Crippen molar-refractivity contribution in [2.45, 2.75) is 6.42 Å². The van der Waals surface area contributed by atoms with Crippen LogP contribution in [0.25, 0.3) is 5.57 Å². The SMILES string of the molecule is C=C(C(=O)C(=O)N1CCN(c2c(NCCc3ccsc3)c(=O)c2=O)CC1)c1c(F)cccc1NC. The van der Waals surface area contributed by atoms with Crippen molar-refractivity contribution in [3.63, 3.8) is 0 Å². The smallest absolute Gasteiger partial charge is 0.295 e. The Kier molecular flexibility index (Phi) is 7.11. The maximum absolute atomic E-state index is 14.4. The van der Waals surface area contributed by atoms with E-state index in [9.17, 15) is 23.6 Å². The van der Waals surface area contributed by atoms with Gasteiger partial charge in [-0.25, -0.2) is 4.39 Å². The molecule has 3 aromatic rings. The number of rotatable bonds is 9. The van der Waals surface area contributed by atoms with Gasteiger partial charge in [-0.3, -0.25) is 19.2 Å². The van der Waals surface area contributed by atoms with Gasteiger partial charge >= 0.3 is 0 Å². The van der Waals surface area contributed by atoms with Crippen LogP contribution in [-0.4, -0.2) is 56.4 Å². The van der Waals surface area contributed by atoms with Crippen LogP contribution < -0.4 is 26.4 Å². The van der Waals surface area contributed by atoms with Crippen LogP contribution in [0.5, 0.6) is 0 Å². The van der Waals surface area contributed by atoms with Gasteiger partial charge < -0.3 is 20.4 Å². The number of thiophene rings is 1. The molecule has 0 saturated carbocycles. The molecule has 0 unspecified atom stereocenters. The fourth-order valence-corrected chi connectivity index (χ4v) is 4.87. The molecule has 2 heterocycles. The van der Waals surface area contributed by atoms with Gasteiger partial charge in [0, 0.05) is 56.6 Å². The number of piperazine rings is 1. The number of hydrogen-bond donors (Lipinski definition) is 2. The van der Waals surface area contributed by atoms with E-state index in [1.54, 1.807) is 29.4 Å². The number of ketones is 1. The monoisotopic (exact) mass is 496 g/mol. The standard InChI is InChI=1S/C25H25FN4O4S/c1-15(19-17(26)4-3-5-18(19)27-2)22(31)25(34)30-11-9-29(10-12-30)21-20(23(32)24(21)33)28-8-6-16-7-13-35-14-16/h3-5,7,13-14,27-28H,1,6,8-12H2,2H3. The van der Waals surface area contributed by atoms with Gasteiger partial charge in [0.2, 0.25) is 0 Å². The van der Waals surface area contributed by atoms with Gasteiger partial charge in [-0.1, -0.05) is 12.6 Å². The Bertz CT molecular complexity index is 1340. The largest absolute Gasteiger partial charge is 0.388 e. The average Bonchev–Trinajstić information content (AvgIpc) is 3.40. The molecule has 182 valence electrons. The van der Waals surface area contributed by atoms with Gasteiger partial charge in [-0.15, -0.1) is 0 Å². The van der Waals surface area contributed by atoms with Gasteiger partial charge in [0.15, 0.2) is 0 Å². The van der Waals surface area contributed by atoms with E-state index >= 15 is 0 Å². The maximum atomic E-state index is 14.4. The molecule has 4 rings (SSSR count). The van der Waals surface area contributed by atoms with Crippen LogP contribution in [0.1, 0.15) is 11.1 Å². The Hall–Kier alpha value is -3.79. The minimum Gasteiger partial charge on any atom is -0.388 e. The van der Waals surface area contributed by atoms with Crippen LogP contribution in [0.15, 0.2) is 51.2 Å². The second kappa shape index (κ2) is 10.2. The second-order valence-electron chi connectivity index (χ2n) is 8.19. The van der Waals surface area contributed by atoms with Crippen molar-refractivity contribution in [3.8, 4) is 0 Å². The van der Waals surface area contributed by atoms with Crippen LogP contribution in [0.4, 0.5) is 21.5 Å². The van der Waals surface area contributed by atoms with Crippen molar-refractivity contribution in [2.24, 2.45) is 0 Å². The predicted molar refractivity (Wildman–Crippen MR) is 137 cm³/mol. The number of Topliss-reactive ketones (excluding diaryl/α,β-unsaturated/α-hetero) is 1. The van der Waals surface area contributed by atoms with E-state index in [0.29, 0.717) is 23.6 Å². The second-order valence-corrected chi connectivity index (χ2v) is 8.97. The molecule has 8 nitrogen and oxygen atoms in total. The van der Waals surface area contributed by atoms with Gasteiger partial charge in [0.1, 0.15) is 17.2 Å². The summed E-state index contributed by atoms with van der Waals surface area (Å²) in [7, 11) is 1.59. The van der Waals surface area contributed by atoms with Crippen molar-refractivity contribution in [1.82, 2.24) is 4.90 Å². The first-order valence-electron chi connectivity index (χ1n) is 11.2. The molecule has 1 fully saturated rings. The van der Waals surface area contributed by atoms with E-state index in [1.165, 1.54) is 17.0 Å². The molecule has 2 aromatic carbocycles. The summed E-state index contributed by atoms with van der Waals surface area (Å²) in [6.45, 7) is 5.13. The van der Waals surface area contributed by atoms with E-state index in [4.69, 9.17) is 0 Å². The fraction of sp³-hybridized carbons (Fsp3) is 0.280. The number of benzene rings is 1. The minimum atomic E-state index is -0.884. The number of halogens is 1. The number of hydrogen-bond acceptors (Lipinski definition) is 8. The molecule has 1 aromatic heterocycles. The molecule has 10 heteroatoms. The van der Waals surface area contributed by atoms with E-state index in [1.807, 2.05) is 16.8 Å². The van der Waals surface area contributed by atoms with E-state index < -0.39 is 28.4 Å². The first-order valence-corrected chi connectivity index (χ1v) is 12.1. The highest BCUT2D eigenvalue weighted by molar-refractivity contribution is 7.07. The molecule has 0 spiro atoms. The molecular weight excluding hydrogens is 471 g/mol. The van der Waals surface area contributed by atoms with E-state index in [-0.39, 0.29) is 37.3 Å². The molecule has 1 amide bonds. The summed E-state index contributed by atoms with van der Waals surface area (Å²) in [5.74, 6) is -2.31. The zero-order valence-corrected chi connectivity index (χ0v) is 20.0. The van der Waals surface area contributed by atoms with Gasteiger partial charge in [0.05, 0.1) is 0 Å². The maximum Gasteiger partial charge on any atom is 0.295 e. The van der Waals surface area contributed by atoms with Crippen molar-refractivity contribution in [3.05, 3.63) is 79.0 Å². The highest BCUT2D eigenvalue weighted by Crippen LogP contribution is 2.27. The van der Waals surface area contributed by atoms with E-state index in [2.05, 4.69) is 17.2 Å². The molecule has 2 N–H and O–H groups in total. The Balaban J connectivity index is 1.38. The molecular formula is C25H25FN4O4S. The third-order valence-electron chi connectivity index (χ3n) is 6.12. The average molecular weight is 497 g/mol. The number of anilines is 3. The van der Waals surface area contributed by atoms with E-state index in [0.717, 1.165) is 12.0 Å². The summed E-state index contributed by atoms with van der Waals surface area (Å²) in [5.41, 5.74) is 0.792. The Morgan fingerprint density at radius 2 is 1.86 bits per heavy atom. The third kappa shape index (κ3) is 4.74. The highest BCUT2D eigenvalue weighted by Gasteiger charge is 2.33. The van der Waals surface area contributed by atoms with Crippen molar-refractivity contribution in [1.29, 1.82) is 0 Å². The molecule has 0 atom stereocenters. The lowest BCUT2D eigenvalue weighted by atomic mass is 9.99. The number of amides is 1. The summed E-state index contributed by atoms with van der Waals surface area (Å²) in [6.07, 6.45) is 0.729. The lowest BCUT2D eigenvalue weighted by Crippen LogP contribution is -2.54. The molecule has 0 radical (unpaired) electrons.